The highest BCUT2D eigenvalue weighted by Gasteiger charge is 2.27. The number of hydrogen-bond donors (Lipinski definition) is 1. The highest BCUT2D eigenvalue weighted by Crippen LogP contribution is 2.27. The zero-order valence-corrected chi connectivity index (χ0v) is 13.7. The zero-order valence-electron chi connectivity index (χ0n) is 13.7. The number of nitrogens with zero attached hydrogens (tertiary/aromatic N) is 1. The van der Waals surface area contributed by atoms with Gasteiger partial charge in [-0.3, -0.25) is 4.79 Å². The third kappa shape index (κ3) is 2.54. The summed E-state index contributed by atoms with van der Waals surface area (Å²) >= 11 is 0. The number of methoxy groups -OCH3 is 1. The number of nitrogens with one attached hydrogen (secondary N) is 1. The Morgan fingerprint density at radius 1 is 1.12 bits per heavy atom. The second-order valence-corrected chi connectivity index (χ2v) is 6.16. The van der Waals surface area contributed by atoms with Crippen molar-refractivity contribution in [2.45, 2.75) is 12.8 Å². The number of rotatable bonds is 4. The number of fused-ring (bicyclic) bond motifs is 3. The van der Waals surface area contributed by atoms with E-state index < -0.39 is 0 Å². The molecule has 2 heterocycles. The molecule has 1 aromatic heterocycles. The largest absolute Gasteiger partial charge is 0.497 e. The molecule has 0 spiro atoms. The number of carbonyl (C=O) groups excluding carboxylic acids is 1. The van der Waals surface area contributed by atoms with Crippen LogP contribution in [-0.2, 0) is 12.8 Å². The summed E-state index contributed by atoms with van der Waals surface area (Å²) < 4.78 is 5.18. The van der Waals surface area contributed by atoms with Gasteiger partial charge in [0, 0.05) is 24.0 Å². The van der Waals surface area contributed by atoms with Gasteiger partial charge in [-0.25, -0.2) is 0 Å². The Hall–Kier alpha value is -2.75. The lowest BCUT2D eigenvalue weighted by molar-refractivity contribution is 0.0737. The number of amides is 1. The lowest BCUT2D eigenvalue weighted by atomic mass is 10.0. The van der Waals surface area contributed by atoms with Crippen LogP contribution in [0.3, 0.4) is 0 Å². The van der Waals surface area contributed by atoms with Gasteiger partial charge in [0.1, 0.15) is 11.4 Å². The molecule has 3 aromatic rings. The highest BCUT2D eigenvalue weighted by atomic mass is 16.5. The number of aromatic nitrogens is 1. The summed E-state index contributed by atoms with van der Waals surface area (Å²) in [4.78, 5) is 18.0. The van der Waals surface area contributed by atoms with Gasteiger partial charge in [0.15, 0.2) is 0 Å². The molecule has 4 nitrogen and oxygen atoms in total. The fraction of sp³-hybridized carbons (Fsp3) is 0.250. The summed E-state index contributed by atoms with van der Waals surface area (Å²) in [5.41, 5.74) is 4.19. The van der Waals surface area contributed by atoms with Crippen molar-refractivity contribution in [3.05, 3.63) is 65.4 Å². The molecule has 1 amide bonds. The maximum atomic E-state index is 12.8. The first-order chi connectivity index (χ1) is 11.8. The summed E-state index contributed by atoms with van der Waals surface area (Å²) in [6, 6.07) is 16.2. The monoisotopic (exact) mass is 320 g/mol. The quantitative estimate of drug-likeness (QED) is 0.800. The van der Waals surface area contributed by atoms with E-state index >= 15 is 0 Å². The van der Waals surface area contributed by atoms with Gasteiger partial charge in [-0.05, 0) is 42.2 Å². The smallest absolute Gasteiger partial charge is 0.270 e. The summed E-state index contributed by atoms with van der Waals surface area (Å²) in [5.74, 6) is 0.969. The average molecular weight is 320 g/mol. The molecular weight excluding hydrogens is 300 g/mol. The van der Waals surface area contributed by atoms with Crippen molar-refractivity contribution < 1.29 is 9.53 Å². The predicted molar refractivity (Wildman–Crippen MR) is 94.6 cm³/mol. The molecule has 0 radical (unpaired) electrons. The van der Waals surface area contributed by atoms with Crippen LogP contribution >= 0.6 is 0 Å². The molecule has 122 valence electrons. The Kier molecular flexibility index (Phi) is 3.73. The minimum absolute atomic E-state index is 0.112. The molecule has 24 heavy (non-hydrogen) atoms. The van der Waals surface area contributed by atoms with Crippen LogP contribution in [0, 0.1) is 0 Å². The van der Waals surface area contributed by atoms with Crippen LogP contribution in [0.2, 0.25) is 0 Å². The molecule has 0 saturated heterocycles. The van der Waals surface area contributed by atoms with Crippen LogP contribution in [0.4, 0.5) is 0 Å². The normalized spacial score (nSPS) is 14.0. The fourth-order valence-corrected chi connectivity index (χ4v) is 3.42. The maximum Gasteiger partial charge on any atom is 0.270 e. The first-order valence-electron chi connectivity index (χ1n) is 8.28. The number of ether oxygens (including phenoxy) is 1. The third-order valence-electron chi connectivity index (χ3n) is 4.78. The van der Waals surface area contributed by atoms with E-state index in [1.165, 1.54) is 10.9 Å². The van der Waals surface area contributed by atoms with Crippen molar-refractivity contribution in [3.8, 4) is 5.75 Å². The van der Waals surface area contributed by atoms with E-state index in [4.69, 9.17) is 4.74 Å². The van der Waals surface area contributed by atoms with Crippen LogP contribution in [-0.4, -0.2) is 36.0 Å². The Morgan fingerprint density at radius 3 is 2.71 bits per heavy atom. The molecule has 0 fully saturated rings. The van der Waals surface area contributed by atoms with E-state index in [1.54, 1.807) is 7.11 Å². The number of hydrogen-bond acceptors (Lipinski definition) is 2. The lowest BCUT2D eigenvalue weighted by Crippen LogP contribution is -2.38. The van der Waals surface area contributed by atoms with Crippen LogP contribution < -0.4 is 4.74 Å². The SMILES string of the molecule is COc1ccc(CCN2CCc3c([nH]c4ccccc34)C2=O)cc1. The minimum atomic E-state index is 0.112. The molecule has 0 unspecified atom stereocenters. The first-order valence-corrected chi connectivity index (χ1v) is 8.28. The molecular formula is C20H20N2O2. The first kappa shape index (κ1) is 14.8. The second-order valence-electron chi connectivity index (χ2n) is 6.16. The van der Waals surface area contributed by atoms with E-state index in [9.17, 15) is 4.79 Å². The van der Waals surface area contributed by atoms with Crippen LogP contribution in [0.15, 0.2) is 48.5 Å². The number of aromatic amines is 1. The Morgan fingerprint density at radius 2 is 1.92 bits per heavy atom. The van der Waals surface area contributed by atoms with Crippen molar-refractivity contribution >= 4 is 16.8 Å². The standard InChI is InChI=1S/C20H20N2O2/c1-24-15-8-6-14(7-9-15)10-12-22-13-11-17-16-4-2-3-5-18(16)21-19(17)20(22)23/h2-9,21H,10-13H2,1H3. The summed E-state index contributed by atoms with van der Waals surface area (Å²) in [7, 11) is 1.67. The van der Waals surface area contributed by atoms with Crippen molar-refractivity contribution in [1.82, 2.24) is 9.88 Å². The van der Waals surface area contributed by atoms with E-state index in [0.717, 1.165) is 48.5 Å². The van der Waals surface area contributed by atoms with Crippen molar-refractivity contribution in [2.75, 3.05) is 20.2 Å². The molecule has 0 atom stereocenters. The summed E-state index contributed by atoms with van der Waals surface area (Å²) in [6.07, 6.45) is 1.76. The molecule has 2 aromatic carbocycles. The Labute approximate surface area is 141 Å². The third-order valence-corrected chi connectivity index (χ3v) is 4.78. The Balaban J connectivity index is 1.50. The number of benzene rings is 2. The van der Waals surface area contributed by atoms with Gasteiger partial charge in [0.2, 0.25) is 0 Å². The van der Waals surface area contributed by atoms with Gasteiger partial charge in [0.05, 0.1) is 7.11 Å². The van der Waals surface area contributed by atoms with Gasteiger partial charge >= 0.3 is 0 Å². The molecule has 4 heteroatoms. The molecule has 0 bridgehead atoms. The van der Waals surface area contributed by atoms with Crippen molar-refractivity contribution in [2.24, 2.45) is 0 Å². The van der Waals surface area contributed by atoms with Gasteiger partial charge in [0.25, 0.3) is 5.91 Å². The lowest BCUT2D eigenvalue weighted by Gasteiger charge is -2.27. The van der Waals surface area contributed by atoms with Crippen molar-refractivity contribution in [1.29, 1.82) is 0 Å². The molecule has 1 aliphatic heterocycles. The molecule has 1 aliphatic rings. The zero-order chi connectivity index (χ0) is 16.5. The molecule has 0 aliphatic carbocycles. The van der Waals surface area contributed by atoms with E-state index in [1.807, 2.05) is 35.2 Å². The molecule has 0 saturated carbocycles. The highest BCUT2D eigenvalue weighted by molar-refractivity contribution is 6.02. The molecule has 4 rings (SSSR count). The van der Waals surface area contributed by atoms with Gasteiger partial charge in [-0.1, -0.05) is 30.3 Å². The topological polar surface area (TPSA) is 45.3 Å². The second kappa shape index (κ2) is 6.04. The summed E-state index contributed by atoms with van der Waals surface area (Å²) in [6.45, 7) is 1.52. The van der Waals surface area contributed by atoms with Gasteiger partial charge in [-0.15, -0.1) is 0 Å². The number of para-hydroxylation sites is 1. The van der Waals surface area contributed by atoms with Crippen LogP contribution in [0.1, 0.15) is 21.6 Å². The van der Waals surface area contributed by atoms with E-state index in [0.29, 0.717) is 0 Å². The summed E-state index contributed by atoms with van der Waals surface area (Å²) in [5, 5.41) is 1.18. The Bertz CT molecular complexity index is 880. The number of H-pyrrole nitrogens is 1. The van der Waals surface area contributed by atoms with Gasteiger partial charge in [-0.2, -0.15) is 0 Å². The predicted octanol–water partition coefficient (Wildman–Crippen LogP) is 3.42. The molecule has 1 N–H and O–H groups in total. The van der Waals surface area contributed by atoms with E-state index in [-0.39, 0.29) is 5.91 Å². The van der Waals surface area contributed by atoms with Crippen LogP contribution in [0.25, 0.3) is 10.9 Å². The maximum absolute atomic E-state index is 12.8. The van der Waals surface area contributed by atoms with Crippen LogP contribution in [0.5, 0.6) is 5.75 Å². The minimum Gasteiger partial charge on any atom is -0.497 e. The average Bonchev–Trinajstić information content (AvgIpc) is 3.01. The van der Waals surface area contributed by atoms with E-state index in [2.05, 4.69) is 23.2 Å². The number of carbonyl (C=O) groups is 1. The van der Waals surface area contributed by atoms with Crippen molar-refractivity contribution in [3.63, 3.8) is 0 Å². The fourth-order valence-electron chi connectivity index (χ4n) is 3.42. The van der Waals surface area contributed by atoms with Gasteiger partial charge < -0.3 is 14.6 Å².